The predicted octanol–water partition coefficient (Wildman–Crippen LogP) is 4.29. The number of amides is 1. The molecule has 1 fully saturated rings. The van der Waals surface area contributed by atoms with Gasteiger partial charge in [0, 0.05) is 11.5 Å². The third-order valence-corrected chi connectivity index (χ3v) is 5.72. The lowest BCUT2D eigenvalue weighted by Crippen LogP contribution is -2.65. The number of rotatable bonds is 4. The van der Waals surface area contributed by atoms with Gasteiger partial charge in [-0.1, -0.05) is 60.2 Å². The van der Waals surface area contributed by atoms with Gasteiger partial charge in [0.25, 0.3) is 5.91 Å². The van der Waals surface area contributed by atoms with Gasteiger partial charge in [-0.25, -0.2) is 4.39 Å². The molecule has 0 bridgehead atoms. The maximum atomic E-state index is 13.6. The van der Waals surface area contributed by atoms with Crippen molar-refractivity contribution < 1.29 is 14.3 Å². The molecular weight excluding hydrogens is 379 g/mol. The van der Waals surface area contributed by atoms with Crippen LogP contribution in [0.5, 0.6) is 0 Å². The van der Waals surface area contributed by atoms with E-state index < -0.39 is 23.8 Å². The summed E-state index contributed by atoms with van der Waals surface area (Å²) in [5, 5.41) is 19.9. The number of halogens is 1. The highest BCUT2D eigenvalue weighted by molar-refractivity contribution is 5.96. The first kappa shape index (κ1) is 19.8. The molecule has 0 aliphatic carbocycles. The van der Waals surface area contributed by atoms with Crippen molar-refractivity contribution in [2.24, 2.45) is 0 Å². The van der Waals surface area contributed by atoms with Gasteiger partial charge in [0.05, 0.1) is 18.7 Å². The van der Waals surface area contributed by atoms with Crippen molar-refractivity contribution in [3.63, 3.8) is 0 Å². The van der Waals surface area contributed by atoms with Crippen molar-refractivity contribution >= 4 is 5.91 Å². The number of likely N-dealkylation sites (tertiary alicyclic amines) is 1. The molecular formula is C25H21FN2O2. The Hall–Kier alpha value is -3.49. The second-order valence-corrected chi connectivity index (χ2v) is 7.53. The van der Waals surface area contributed by atoms with E-state index in [0.717, 1.165) is 28.3 Å². The number of aryl methyl sites for hydroxylation is 1. The van der Waals surface area contributed by atoms with Crippen LogP contribution in [0.25, 0.3) is 11.1 Å². The first-order valence-corrected chi connectivity index (χ1v) is 9.80. The quantitative estimate of drug-likeness (QED) is 0.710. The average Bonchev–Trinajstić information content (AvgIpc) is 2.74. The number of benzene rings is 3. The highest BCUT2D eigenvalue weighted by Crippen LogP contribution is 2.44. The van der Waals surface area contributed by atoms with Crippen LogP contribution in [0.4, 0.5) is 4.39 Å². The Balaban J connectivity index is 1.72. The van der Waals surface area contributed by atoms with Gasteiger partial charge >= 0.3 is 0 Å². The summed E-state index contributed by atoms with van der Waals surface area (Å²) in [4.78, 5) is 14.4. The minimum atomic E-state index is -0.746. The number of nitrogens with zero attached hydrogens (tertiary/aromatic N) is 2. The van der Waals surface area contributed by atoms with E-state index in [2.05, 4.69) is 6.07 Å². The molecule has 1 aliphatic rings. The maximum absolute atomic E-state index is 13.6. The molecule has 0 radical (unpaired) electrons. The fourth-order valence-corrected chi connectivity index (χ4v) is 4.21. The lowest BCUT2D eigenvalue weighted by molar-refractivity contribution is -0.00574. The van der Waals surface area contributed by atoms with Gasteiger partial charge < -0.3 is 10.0 Å². The third-order valence-electron chi connectivity index (χ3n) is 5.72. The topological polar surface area (TPSA) is 64.3 Å². The van der Waals surface area contributed by atoms with Crippen LogP contribution in [0.2, 0.25) is 0 Å². The number of aliphatic hydroxyl groups excluding tert-OH is 1. The normalized spacial score (nSPS) is 20.3. The summed E-state index contributed by atoms with van der Waals surface area (Å²) >= 11 is 0. The van der Waals surface area contributed by atoms with Crippen molar-refractivity contribution in [3.8, 4) is 17.2 Å². The second kappa shape index (κ2) is 8.10. The largest absolute Gasteiger partial charge is 0.394 e. The van der Waals surface area contributed by atoms with Crippen LogP contribution in [0.3, 0.4) is 0 Å². The maximum Gasteiger partial charge on any atom is 0.255 e. The minimum absolute atomic E-state index is 0.166. The lowest BCUT2D eigenvalue weighted by Gasteiger charge is -2.52. The third kappa shape index (κ3) is 3.36. The minimum Gasteiger partial charge on any atom is -0.394 e. The Morgan fingerprint density at radius 1 is 1.10 bits per heavy atom. The molecule has 3 aromatic carbocycles. The fraction of sp³-hybridized carbons (Fsp3) is 0.200. The molecule has 1 amide bonds. The van der Waals surface area contributed by atoms with Gasteiger partial charge in [-0.15, -0.1) is 0 Å². The van der Waals surface area contributed by atoms with E-state index in [-0.39, 0.29) is 18.1 Å². The summed E-state index contributed by atoms with van der Waals surface area (Å²) in [7, 11) is 0. The number of carbonyl (C=O) groups is 1. The summed E-state index contributed by atoms with van der Waals surface area (Å²) in [6.45, 7) is 1.73. The number of carbonyl (C=O) groups excluding carboxylic acids is 1. The van der Waals surface area contributed by atoms with Gasteiger partial charge in [0.2, 0.25) is 0 Å². The molecule has 150 valence electrons. The van der Waals surface area contributed by atoms with Crippen LogP contribution in [0.1, 0.15) is 27.4 Å². The Labute approximate surface area is 174 Å². The lowest BCUT2D eigenvalue weighted by atomic mass is 9.73. The summed E-state index contributed by atoms with van der Waals surface area (Å²) in [5.41, 5.74) is 4.21. The smallest absolute Gasteiger partial charge is 0.255 e. The van der Waals surface area contributed by atoms with E-state index in [0.29, 0.717) is 0 Å². The van der Waals surface area contributed by atoms with Gasteiger partial charge in [0.15, 0.2) is 0 Å². The van der Waals surface area contributed by atoms with Crippen LogP contribution in [-0.2, 0) is 0 Å². The SMILES string of the molecule is Cc1ccc(-c2ccccc2[C@H]2[C@@H](C#N)N(C(=O)c3cccc(F)c3)[C@H]2CO)cc1. The Morgan fingerprint density at radius 2 is 1.83 bits per heavy atom. The Kier molecular flexibility index (Phi) is 5.35. The van der Waals surface area contributed by atoms with Gasteiger partial charge in [-0.05, 0) is 41.8 Å². The first-order valence-electron chi connectivity index (χ1n) is 9.80. The number of hydrogen-bond donors (Lipinski definition) is 1. The molecule has 3 atom stereocenters. The monoisotopic (exact) mass is 400 g/mol. The van der Waals surface area contributed by atoms with Gasteiger partial charge in [-0.3, -0.25) is 4.79 Å². The molecule has 3 aromatic rings. The molecule has 4 rings (SSSR count). The van der Waals surface area contributed by atoms with Crippen molar-refractivity contribution in [2.75, 3.05) is 6.61 Å². The number of hydrogen-bond acceptors (Lipinski definition) is 3. The van der Waals surface area contributed by atoms with E-state index in [1.807, 2.05) is 55.5 Å². The van der Waals surface area contributed by atoms with Crippen molar-refractivity contribution in [2.45, 2.75) is 24.9 Å². The van der Waals surface area contributed by atoms with Crippen molar-refractivity contribution in [1.82, 2.24) is 4.90 Å². The summed E-state index contributed by atoms with van der Waals surface area (Å²) in [6.07, 6.45) is 0. The predicted molar refractivity (Wildman–Crippen MR) is 112 cm³/mol. The van der Waals surface area contributed by atoms with Crippen LogP contribution < -0.4 is 0 Å². The molecule has 30 heavy (non-hydrogen) atoms. The zero-order chi connectivity index (χ0) is 21.3. The Morgan fingerprint density at radius 3 is 2.50 bits per heavy atom. The standard InChI is InChI=1S/C25H21FN2O2/c1-16-9-11-17(12-10-16)20-7-2-3-8-21(20)24-22(14-27)28(23(24)15-29)25(30)18-5-4-6-19(26)13-18/h2-13,22-24,29H,15H2,1H3/t22-,23+,24+/m1/s1. The zero-order valence-corrected chi connectivity index (χ0v) is 16.5. The second-order valence-electron chi connectivity index (χ2n) is 7.53. The average molecular weight is 400 g/mol. The first-order chi connectivity index (χ1) is 14.5. The number of nitriles is 1. The van der Waals surface area contributed by atoms with E-state index in [4.69, 9.17) is 0 Å². The Bertz CT molecular complexity index is 1120. The van der Waals surface area contributed by atoms with Crippen LogP contribution in [0, 0.1) is 24.1 Å². The summed E-state index contributed by atoms with van der Waals surface area (Å²) < 4.78 is 13.6. The summed E-state index contributed by atoms with van der Waals surface area (Å²) in [5.74, 6) is -1.31. The molecule has 1 saturated heterocycles. The number of aliphatic hydroxyl groups is 1. The fourth-order valence-electron chi connectivity index (χ4n) is 4.21. The molecule has 1 N–H and O–H groups in total. The van der Waals surface area contributed by atoms with Crippen LogP contribution in [0.15, 0.2) is 72.8 Å². The molecule has 1 aliphatic heterocycles. The molecule has 0 unspecified atom stereocenters. The van der Waals surface area contributed by atoms with Gasteiger partial charge in [0.1, 0.15) is 11.9 Å². The van der Waals surface area contributed by atoms with E-state index in [1.165, 1.54) is 23.1 Å². The molecule has 0 aromatic heterocycles. The molecule has 4 nitrogen and oxygen atoms in total. The molecule has 1 heterocycles. The highest BCUT2D eigenvalue weighted by atomic mass is 19.1. The van der Waals surface area contributed by atoms with Crippen LogP contribution >= 0.6 is 0 Å². The zero-order valence-electron chi connectivity index (χ0n) is 16.5. The summed E-state index contributed by atoms with van der Waals surface area (Å²) in [6, 6.07) is 22.2. The van der Waals surface area contributed by atoms with E-state index in [9.17, 15) is 19.6 Å². The molecule has 5 heteroatoms. The van der Waals surface area contributed by atoms with Gasteiger partial charge in [-0.2, -0.15) is 5.26 Å². The van der Waals surface area contributed by atoms with E-state index in [1.54, 1.807) is 0 Å². The van der Waals surface area contributed by atoms with Crippen molar-refractivity contribution in [3.05, 3.63) is 95.3 Å². The highest BCUT2D eigenvalue weighted by Gasteiger charge is 2.52. The molecule has 0 spiro atoms. The molecule has 0 saturated carbocycles. The van der Waals surface area contributed by atoms with E-state index >= 15 is 0 Å². The van der Waals surface area contributed by atoms with Crippen LogP contribution in [-0.4, -0.2) is 34.6 Å². The van der Waals surface area contributed by atoms with Crippen molar-refractivity contribution in [1.29, 1.82) is 5.26 Å².